The van der Waals surface area contributed by atoms with Gasteiger partial charge in [-0.1, -0.05) is 18.5 Å². The fourth-order valence-electron chi connectivity index (χ4n) is 1.53. The van der Waals surface area contributed by atoms with E-state index in [-0.39, 0.29) is 17.7 Å². The minimum atomic E-state index is -0.949. The van der Waals surface area contributed by atoms with Crippen molar-refractivity contribution in [3.8, 4) is 0 Å². The molecule has 1 atom stereocenters. The molecule has 7 heteroatoms. The zero-order valence-electron chi connectivity index (χ0n) is 10.3. The molecule has 0 aliphatic carbocycles. The molecule has 1 aromatic rings. The number of aliphatic hydroxyl groups excluding tert-OH is 1. The van der Waals surface area contributed by atoms with Gasteiger partial charge < -0.3 is 15.7 Å². The van der Waals surface area contributed by atoms with Crippen LogP contribution >= 0.6 is 11.6 Å². The molecular formula is C12H15ClF2N2O2. The molecule has 3 N–H and O–H groups in total. The molecule has 0 aromatic heterocycles. The summed E-state index contributed by atoms with van der Waals surface area (Å²) in [4.78, 5) is 11.6. The first kappa shape index (κ1) is 15.7. The Labute approximate surface area is 114 Å². The normalized spacial score (nSPS) is 12.1. The van der Waals surface area contributed by atoms with Crippen LogP contribution in [0.25, 0.3) is 0 Å². The van der Waals surface area contributed by atoms with Crippen LogP contribution < -0.4 is 10.6 Å². The third-order valence-corrected chi connectivity index (χ3v) is 2.77. The van der Waals surface area contributed by atoms with Crippen molar-refractivity contribution in [2.75, 3.05) is 11.9 Å². The number of urea groups is 1. The Balaban J connectivity index is 2.72. The van der Waals surface area contributed by atoms with Crippen LogP contribution in [0.5, 0.6) is 0 Å². The van der Waals surface area contributed by atoms with Crippen LogP contribution in [0.15, 0.2) is 12.1 Å². The zero-order valence-corrected chi connectivity index (χ0v) is 11.1. The fraction of sp³-hybridized carbons (Fsp3) is 0.417. The minimum absolute atomic E-state index is 0.0809. The first-order chi connectivity index (χ1) is 8.97. The van der Waals surface area contributed by atoms with Gasteiger partial charge in [-0.05, 0) is 25.0 Å². The van der Waals surface area contributed by atoms with Gasteiger partial charge in [0.1, 0.15) is 5.69 Å². The maximum atomic E-state index is 13.4. The number of anilines is 1. The van der Waals surface area contributed by atoms with Crippen molar-refractivity contribution in [2.24, 2.45) is 0 Å². The zero-order chi connectivity index (χ0) is 14.4. The van der Waals surface area contributed by atoms with Gasteiger partial charge in [0.15, 0.2) is 11.6 Å². The van der Waals surface area contributed by atoms with Crippen molar-refractivity contribution in [3.63, 3.8) is 0 Å². The third kappa shape index (κ3) is 4.65. The van der Waals surface area contributed by atoms with Crippen molar-refractivity contribution in [1.29, 1.82) is 0 Å². The summed E-state index contributed by atoms with van der Waals surface area (Å²) in [5.74, 6) is -1.90. The number of amides is 2. The number of carbonyl (C=O) groups is 1. The molecule has 106 valence electrons. The largest absolute Gasteiger partial charge is 0.396 e. The molecule has 0 bridgehead atoms. The fourth-order valence-corrected chi connectivity index (χ4v) is 1.72. The summed E-state index contributed by atoms with van der Waals surface area (Å²) in [6, 6.07) is 0.820. The van der Waals surface area contributed by atoms with E-state index in [4.69, 9.17) is 16.7 Å². The van der Waals surface area contributed by atoms with Crippen molar-refractivity contribution >= 4 is 23.3 Å². The molecule has 0 fully saturated rings. The summed E-state index contributed by atoms with van der Waals surface area (Å²) in [5.41, 5.74) is -0.555. The lowest BCUT2D eigenvalue weighted by molar-refractivity contribution is 0.237. The Morgan fingerprint density at radius 1 is 1.42 bits per heavy atom. The lowest BCUT2D eigenvalue weighted by Gasteiger charge is -2.16. The van der Waals surface area contributed by atoms with Gasteiger partial charge in [0.05, 0.1) is 0 Å². The molecule has 2 amide bonds. The minimum Gasteiger partial charge on any atom is -0.396 e. The number of halogens is 3. The number of carbonyl (C=O) groups excluding carboxylic acids is 1. The first-order valence-corrected chi connectivity index (χ1v) is 6.18. The average molecular weight is 293 g/mol. The SMILES string of the molecule is CCC(CCO)NC(=O)Nc1c(F)cc(Cl)cc1F. The lowest BCUT2D eigenvalue weighted by Crippen LogP contribution is -2.38. The summed E-state index contributed by atoms with van der Waals surface area (Å²) in [6.07, 6.45) is 0.967. The van der Waals surface area contributed by atoms with Crippen molar-refractivity contribution in [1.82, 2.24) is 5.32 Å². The third-order valence-electron chi connectivity index (χ3n) is 2.55. The number of rotatable bonds is 5. The average Bonchev–Trinajstić information content (AvgIpc) is 2.33. The molecule has 0 saturated heterocycles. The molecular weight excluding hydrogens is 278 g/mol. The van der Waals surface area contributed by atoms with Gasteiger partial charge in [-0.3, -0.25) is 0 Å². The summed E-state index contributed by atoms with van der Waals surface area (Å²) < 4.78 is 26.9. The smallest absolute Gasteiger partial charge is 0.319 e. The molecule has 0 heterocycles. The quantitative estimate of drug-likeness (QED) is 0.781. The van der Waals surface area contributed by atoms with Crippen LogP contribution in [0.4, 0.5) is 19.3 Å². The van der Waals surface area contributed by atoms with E-state index < -0.39 is 23.4 Å². The Morgan fingerprint density at radius 3 is 2.47 bits per heavy atom. The Kier molecular flexibility index (Phi) is 5.98. The van der Waals surface area contributed by atoms with Crippen LogP contribution in [0.1, 0.15) is 19.8 Å². The van der Waals surface area contributed by atoms with E-state index in [1.54, 1.807) is 0 Å². The number of benzene rings is 1. The Morgan fingerprint density at radius 2 is 2.00 bits per heavy atom. The highest BCUT2D eigenvalue weighted by molar-refractivity contribution is 6.30. The summed E-state index contributed by atoms with van der Waals surface area (Å²) >= 11 is 5.47. The standard InChI is InChI=1S/C12H15ClF2N2O2/c1-2-8(3-4-18)16-12(19)17-11-9(14)5-7(13)6-10(11)15/h5-6,8,18H,2-4H2,1H3,(H2,16,17,19). The molecule has 0 aliphatic rings. The number of hydrogen-bond donors (Lipinski definition) is 3. The lowest BCUT2D eigenvalue weighted by atomic mass is 10.2. The van der Waals surface area contributed by atoms with Gasteiger partial charge in [-0.2, -0.15) is 0 Å². The van der Waals surface area contributed by atoms with Crippen LogP contribution in [-0.4, -0.2) is 23.8 Å². The number of aliphatic hydroxyl groups is 1. The summed E-state index contributed by atoms with van der Waals surface area (Å²) in [5, 5.41) is 13.3. The van der Waals surface area contributed by atoms with E-state index in [2.05, 4.69) is 10.6 Å². The maximum absolute atomic E-state index is 13.4. The van der Waals surface area contributed by atoms with Gasteiger partial charge >= 0.3 is 6.03 Å². The number of hydrogen-bond acceptors (Lipinski definition) is 2. The predicted octanol–water partition coefficient (Wildman–Crippen LogP) is 2.90. The van der Waals surface area contributed by atoms with Crippen LogP contribution in [0.2, 0.25) is 5.02 Å². The second-order valence-electron chi connectivity index (χ2n) is 3.96. The molecule has 0 spiro atoms. The second kappa shape index (κ2) is 7.25. The van der Waals surface area contributed by atoms with Crippen molar-refractivity contribution < 1.29 is 18.7 Å². The van der Waals surface area contributed by atoms with Crippen LogP contribution in [-0.2, 0) is 0 Å². The molecule has 1 rings (SSSR count). The van der Waals surface area contributed by atoms with Crippen molar-refractivity contribution in [2.45, 2.75) is 25.8 Å². The van der Waals surface area contributed by atoms with Crippen molar-refractivity contribution in [3.05, 3.63) is 28.8 Å². The molecule has 4 nitrogen and oxygen atoms in total. The molecule has 1 unspecified atom stereocenters. The highest BCUT2D eigenvalue weighted by atomic mass is 35.5. The molecule has 0 aliphatic heterocycles. The maximum Gasteiger partial charge on any atom is 0.319 e. The summed E-state index contributed by atoms with van der Waals surface area (Å²) in [6.45, 7) is 1.74. The van der Waals surface area contributed by atoms with Crippen LogP contribution in [0, 0.1) is 11.6 Å². The second-order valence-corrected chi connectivity index (χ2v) is 4.40. The highest BCUT2D eigenvalue weighted by Crippen LogP contribution is 2.23. The molecule has 1 aromatic carbocycles. The van der Waals surface area contributed by atoms with E-state index in [0.717, 1.165) is 12.1 Å². The summed E-state index contributed by atoms with van der Waals surface area (Å²) in [7, 11) is 0. The van der Waals surface area contributed by atoms with Gasteiger partial charge in [-0.25, -0.2) is 13.6 Å². The van der Waals surface area contributed by atoms with Gasteiger partial charge in [-0.15, -0.1) is 0 Å². The van der Waals surface area contributed by atoms with E-state index >= 15 is 0 Å². The van der Waals surface area contributed by atoms with E-state index in [0.29, 0.717) is 12.8 Å². The first-order valence-electron chi connectivity index (χ1n) is 5.80. The number of nitrogens with one attached hydrogen (secondary N) is 2. The van der Waals surface area contributed by atoms with Gasteiger partial charge in [0.25, 0.3) is 0 Å². The van der Waals surface area contributed by atoms with E-state index in [1.807, 2.05) is 6.92 Å². The Hall–Kier alpha value is -1.40. The molecule has 19 heavy (non-hydrogen) atoms. The van der Waals surface area contributed by atoms with Gasteiger partial charge in [0.2, 0.25) is 0 Å². The molecule has 0 saturated carbocycles. The van der Waals surface area contributed by atoms with E-state index in [1.165, 1.54) is 0 Å². The predicted molar refractivity (Wildman–Crippen MR) is 69.3 cm³/mol. The van der Waals surface area contributed by atoms with Crippen LogP contribution in [0.3, 0.4) is 0 Å². The Bertz CT molecular complexity index is 434. The highest BCUT2D eigenvalue weighted by Gasteiger charge is 2.15. The monoisotopic (exact) mass is 292 g/mol. The van der Waals surface area contributed by atoms with E-state index in [9.17, 15) is 13.6 Å². The topological polar surface area (TPSA) is 61.4 Å². The molecule has 0 radical (unpaired) electrons. The van der Waals surface area contributed by atoms with Gasteiger partial charge in [0, 0.05) is 17.7 Å².